The zero-order valence-corrected chi connectivity index (χ0v) is 12.0. The fourth-order valence-corrected chi connectivity index (χ4v) is 2.39. The van der Waals surface area contributed by atoms with E-state index in [1.807, 2.05) is 6.92 Å². The molecular weight excluding hydrogens is 236 g/mol. The highest BCUT2D eigenvalue weighted by Gasteiger charge is 2.24. The summed E-state index contributed by atoms with van der Waals surface area (Å²) in [7, 11) is 0. The molecule has 0 heterocycles. The van der Waals surface area contributed by atoms with Crippen LogP contribution in [0.3, 0.4) is 0 Å². The molecule has 4 N–H and O–H groups in total. The molecule has 3 heteroatoms. The first-order chi connectivity index (χ1) is 9.15. The molecular formula is C16H26N2O. The van der Waals surface area contributed by atoms with E-state index in [1.54, 1.807) is 0 Å². The van der Waals surface area contributed by atoms with Gasteiger partial charge in [-0.05, 0) is 42.7 Å². The van der Waals surface area contributed by atoms with Crippen molar-refractivity contribution < 1.29 is 5.11 Å². The first-order valence-electron chi connectivity index (χ1n) is 7.32. The van der Waals surface area contributed by atoms with Gasteiger partial charge >= 0.3 is 0 Å². The lowest BCUT2D eigenvalue weighted by Crippen LogP contribution is -2.39. The summed E-state index contributed by atoms with van der Waals surface area (Å²) in [5.74, 6) is 1.01. The number of nitrogens with one attached hydrogen (secondary N) is 1. The molecule has 1 aliphatic carbocycles. The summed E-state index contributed by atoms with van der Waals surface area (Å²) in [4.78, 5) is 0. The van der Waals surface area contributed by atoms with Gasteiger partial charge in [0.25, 0.3) is 0 Å². The molecule has 1 aromatic rings. The molecule has 0 radical (unpaired) electrons. The third kappa shape index (κ3) is 3.78. The average Bonchev–Trinajstić information content (AvgIpc) is 3.28. The first kappa shape index (κ1) is 14.5. The lowest BCUT2D eigenvalue weighted by atomic mass is 9.98. The Labute approximate surface area is 116 Å². The Kier molecular flexibility index (Phi) is 4.97. The van der Waals surface area contributed by atoms with Crippen molar-refractivity contribution in [1.82, 2.24) is 5.32 Å². The minimum Gasteiger partial charge on any atom is -0.396 e. The lowest BCUT2D eigenvalue weighted by molar-refractivity contribution is 0.201. The molecule has 3 unspecified atom stereocenters. The van der Waals surface area contributed by atoms with Crippen LogP contribution in [0.1, 0.15) is 49.8 Å². The van der Waals surface area contributed by atoms with E-state index >= 15 is 0 Å². The van der Waals surface area contributed by atoms with E-state index in [4.69, 9.17) is 5.73 Å². The second-order valence-corrected chi connectivity index (χ2v) is 5.85. The summed E-state index contributed by atoms with van der Waals surface area (Å²) in [6, 6.07) is 9.21. The number of aliphatic hydroxyl groups is 1. The fraction of sp³-hybridized carbons (Fsp3) is 0.625. The number of nitrogens with two attached hydrogens (primary N) is 1. The van der Waals surface area contributed by atoms with Crippen molar-refractivity contribution in [1.29, 1.82) is 0 Å². The van der Waals surface area contributed by atoms with E-state index in [-0.39, 0.29) is 24.6 Å². The van der Waals surface area contributed by atoms with Crippen LogP contribution in [-0.4, -0.2) is 24.3 Å². The molecule has 0 aliphatic heterocycles. The predicted octanol–water partition coefficient (Wildman–Crippen LogP) is 2.17. The monoisotopic (exact) mass is 262 g/mol. The van der Waals surface area contributed by atoms with Gasteiger partial charge in [-0.3, -0.25) is 0 Å². The summed E-state index contributed by atoms with van der Waals surface area (Å²) in [5, 5.41) is 12.8. The summed E-state index contributed by atoms with van der Waals surface area (Å²) in [6.07, 6.45) is 2.64. The molecule has 0 bridgehead atoms. The standard InChI is InChI=1S/C16H26N2O/c1-11(10-19)12(2)18-16(9-17)15-5-3-4-14(8-15)13-6-7-13/h3-5,8,11-13,16,18-19H,6-7,9-10,17H2,1-2H3. The predicted molar refractivity (Wildman–Crippen MR) is 79.1 cm³/mol. The molecule has 1 fully saturated rings. The third-order valence-electron chi connectivity index (χ3n) is 4.20. The van der Waals surface area contributed by atoms with E-state index in [1.165, 1.54) is 24.0 Å². The summed E-state index contributed by atoms with van der Waals surface area (Å²) in [6.45, 7) is 4.93. The van der Waals surface area contributed by atoms with Crippen molar-refractivity contribution in [3.63, 3.8) is 0 Å². The van der Waals surface area contributed by atoms with Gasteiger partial charge in [-0.15, -0.1) is 0 Å². The van der Waals surface area contributed by atoms with Crippen LogP contribution >= 0.6 is 0 Å². The maximum atomic E-state index is 9.22. The van der Waals surface area contributed by atoms with E-state index in [0.29, 0.717) is 6.54 Å². The summed E-state index contributed by atoms with van der Waals surface area (Å²) >= 11 is 0. The van der Waals surface area contributed by atoms with Gasteiger partial charge in [0.1, 0.15) is 0 Å². The van der Waals surface area contributed by atoms with Crippen LogP contribution in [0, 0.1) is 5.92 Å². The molecule has 106 valence electrons. The minimum absolute atomic E-state index is 0.169. The van der Waals surface area contributed by atoms with Crippen LogP contribution < -0.4 is 11.1 Å². The molecule has 0 spiro atoms. The number of rotatable bonds is 7. The smallest absolute Gasteiger partial charge is 0.0471 e. The van der Waals surface area contributed by atoms with Crippen LogP contribution in [0.25, 0.3) is 0 Å². The van der Waals surface area contributed by atoms with Crippen LogP contribution in [0.4, 0.5) is 0 Å². The maximum Gasteiger partial charge on any atom is 0.0471 e. The maximum absolute atomic E-state index is 9.22. The molecule has 1 aliphatic rings. The largest absolute Gasteiger partial charge is 0.396 e. The molecule has 0 amide bonds. The molecule has 19 heavy (non-hydrogen) atoms. The highest BCUT2D eigenvalue weighted by Crippen LogP contribution is 2.40. The number of hydrogen-bond donors (Lipinski definition) is 3. The van der Waals surface area contributed by atoms with E-state index < -0.39 is 0 Å². The van der Waals surface area contributed by atoms with Gasteiger partial charge in [-0.2, -0.15) is 0 Å². The zero-order valence-electron chi connectivity index (χ0n) is 12.0. The Bertz CT molecular complexity index is 403. The Morgan fingerprint density at radius 2 is 2.11 bits per heavy atom. The quantitative estimate of drug-likeness (QED) is 0.706. The second-order valence-electron chi connectivity index (χ2n) is 5.85. The van der Waals surface area contributed by atoms with E-state index in [0.717, 1.165) is 5.92 Å². The summed E-state index contributed by atoms with van der Waals surface area (Å²) < 4.78 is 0. The van der Waals surface area contributed by atoms with Gasteiger partial charge in [-0.25, -0.2) is 0 Å². The Morgan fingerprint density at radius 3 is 2.68 bits per heavy atom. The van der Waals surface area contributed by atoms with Crippen molar-refractivity contribution in [3.8, 4) is 0 Å². The molecule has 0 aromatic heterocycles. The Hall–Kier alpha value is -0.900. The topological polar surface area (TPSA) is 58.3 Å². The normalized spacial score (nSPS) is 20.0. The van der Waals surface area contributed by atoms with Crippen molar-refractivity contribution in [2.75, 3.05) is 13.2 Å². The highest BCUT2D eigenvalue weighted by molar-refractivity contribution is 5.31. The van der Waals surface area contributed by atoms with E-state index in [2.05, 4.69) is 36.5 Å². The molecule has 0 saturated heterocycles. The molecule has 2 rings (SSSR count). The molecule has 3 atom stereocenters. The molecule has 1 saturated carbocycles. The Morgan fingerprint density at radius 1 is 1.37 bits per heavy atom. The van der Waals surface area contributed by atoms with E-state index in [9.17, 15) is 5.11 Å². The van der Waals surface area contributed by atoms with Crippen molar-refractivity contribution in [2.45, 2.75) is 44.7 Å². The highest BCUT2D eigenvalue weighted by atomic mass is 16.3. The first-order valence-corrected chi connectivity index (χ1v) is 7.32. The average molecular weight is 262 g/mol. The van der Waals surface area contributed by atoms with Gasteiger partial charge in [0.05, 0.1) is 0 Å². The van der Waals surface area contributed by atoms with Crippen LogP contribution in [-0.2, 0) is 0 Å². The van der Waals surface area contributed by atoms with Gasteiger partial charge in [0, 0.05) is 25.2 Å². The van der Waals surface area contributed by atoms with Crippen molar-refractivity contribution >= 4 is 0 Å². The lowest BCUT2D eigenvalue weighted by Gasteiger charge is -2.26. The second kappa shape index (κ2) is 6.51. The van der Waals surface area contributed by atoms with Gasteiger partial charge in [-0.1, -0.05) is 31.2 Å². The van der Waals surface area contributed by atoms with Gasteiger partial charge < -0.3 is 16.2 Å². The SMILES string of the molecule is CC(CO)C(C)NC(CN)c1cccc(C2CC2)c1. The van der Waals surface area contributed by atoms with Crippen LogP contribution in [0.2, 0.25) is 0 Å². The van der Waals surface area contributed by atoms with Gasteiger partial charge in [0.15, 0.2) is 0 Å². The van der Waals surface area contributed by atoms with Crippen molar-refractivity contribution in [3.05, 3.63) is 35.4 Å². The van der Waals surface area contributed by atoms with Crippen molar-refractivity contribution in [2.24, 2.45) is 11.7 Å². The summed E-state index contributed by atoms with van der Waals surface area (Å²) in [5.41, 5.74) is 8.62. The minimum atomic E-state index is 0.169. The number of aliphatic hydroxyl groups excluding tert-OH is 1. The molecule has 3 nitrogen and oxygen atoms in total. The number of benzene rings is 1. The Balaban J connectivity index is 2.05. The van der Waals surface area contributed by atoms with Gasteiger partial charge in [0.2, 0.25) is 0 Å². The fourth-order valence-electron chi connectivity index (χ4n) is 2.39. The zero-order chi connectivity index (χ0) is 13.8. The van der Waals surface area contributed by atoms with Crippen LogP contribution in [0.5, 0.6) is 0 Å². The number of hydrogen-bond acceptors (Lipinski definition) is 3. The molecule has 1 aromatic carbocycles. The van der Waals surface area contributed by atoms with Crippen LogP contribution in [0.15, 0.2) is 24.3 Å². The third-order valence-corrected chi connectivity index (χ3v) is 4.20.